The third-order valence-corrected chi connectivity index (χ3v) is 6.25. The molecule has 5 nitrogen and oxygen atoms in total. The molecule has 3 rings (SSSR count). The number of hydrogen-bond donors (Lipinski definition) is 0. The van der Waals surface area contributed by atoms with E-state index in [0.29, 0.717) is 25.9 Å². The fourth-order valence-electron chi connectivity index (χ4n) is 4.46. The van der Waals surface area contributed by atoms with Gasteiger partial charge >= 0.3 is 0 Å². The van der Waals surface area contributed by atoms with Gasteiger partial charge in [-0.3, -0.25) is 9.59 Å². The Morgan fingerprint density at radius 3 is 2.61 bits per heavy atom. The van der Waals surface area contributed by atoms with Gasteiger partial charge < -0.3 is 14.5 Å². The van der Waals surface area contributed by atoms with Gasteiger partial charge in [0.15, 0.2) is 0 Å². The van der Waals surface area contributed by atoms with Crippen molar-refractivity contribution in [3.8, 4) is 0 Å². The van der Waals surface area contributed by atoms with Crippen LogP contribution in [0.3, 0.4) is 0 Å². The van der Waals surface area contributed by atoms with Crippen LogP contribution in [0.4, 0.5) is 0 Å². The SMILES string of the molecule is COCCCC1CCN(C(=O)[C@@H]2CCC(=O)N(CCc3ccccc3)C2)CC1. The minimum Gasteiger partial charge on any atom is -0.385 e. The average Bonchev–Trinajstić information content (AvgIpc) is 2.74. The van der Waals surface area contributed by atoms with Crippen LogP contribution in [-0.4, -0.2) is 61.5 Å². The number of carbonyl (C=O) groups is 2. The number of benzene rings is 1. The van der Waals surface area contributed by atoms with Gasteiger partial charge in [0.2, 0.25) is 11.8 Å². The lowest BCUT2D eigenvalue weighted by molar-refractivity contribution is -0.144. The molecule has 2 amide bonds. The molecule has 0 spiro atoms. The van der Waals surface area contributed by atoms with Crippen LogP contribution in [0.5, 0.6) is 0 Å². The van der Waals surface area contributed by atoms with Crippen LogP contribution < -0.4 is 0 Å². The highest BCUT2D eigenvalue weighted by atomic mass is 16.5. The predicted molar refractivity (Wildman–Crippen MR) is 110 cm³/mol. The molecular weight excluding hydrogens is 352 g/mol. The first-order valence-electron chi connectivity index (χ1n) is 10.8. The normalized spacial score (nSPS) is 21.2. The van der Waals surface area contributed by atoms with E-state index in [2.05, 4.69) is 12.1 Å². The van der Waals surface area contributed by atoms with Crippen LogP contribution in [0.2, 0.25) is 0 Å². The Labute approximate surface area is 169 Å². The van der Waals surface area contributed by atoms with Crippen LogP contribution >= 0.6 is 0 Å². The molecule has 0 aromatic heterocycles. The topological polar surface area (TPSA) is 49.9 Å². The Balaban J connectivity index is 1.45. The average molecular weight is 387 g/mol. The first-order chi connectivity index (χ1) is 13.7. The number of carbonyl (C=O) groups excluding carboxylic acids is 2. The lowest BCUT2D eigenvalue weighted by atomic mass is 9.90. The number of piperidine rings is 2. The largest absolute Gasteiger partial charge is 0.385 e. The van der Waals surface area contributed by atoms with Crippen molar-refractivity contribution in [2.45, 2.75) is 44.9 Å². The van der Waals surface area contributed by atoms with E-state index in [1.165, 1.54) is 12.0 Å². The van der Waals surface area contributed by atoms with Crippen LogP contribution in [-0.2, 0) is 20.7 Å². The molecule has 5 heteroatoms. The van der Waals surface area contributed by atoms with E-state index in [9.17, 15) is 9.59 Å². The second-order valence-corrected chi connectivity index (χ2v) is 8.21. The van der Waals surface area contributed by atoms with E-state index in [-0.39, 0.29) is 17.7 Å². The highest BCUT2D eigenvalue weighted by Crippen LogP contribution is 2.26. The maximum atomic E-state index is 13.0. The van der Waals surface area contributed by atoms with E-state index in [0.717, 1.165) is 51.3 Å². The molecule has 28 heavy (non-hydrogen) atoms. The second-order valence-electron chi connectivity index (χ2n) is 8.21. The highest BCUT2D eigenvalue weighted by molar-refractivity contribution is 5.84. The van der Waals surface area contributed by atoms with E-state index in [4.69, 9.17) is 4.74 Å². The summed E-state index contributed by atoms with van der Waals surface area (Å²) in [6.45, 7) is 3.84. The van der Waals surface area contributed by atoms with Gasteiger partial charge in [0.05, 0.1) is 5.92 Å². The quantitative estimate of drug-likeness (QED) is 0.645. The maximum Gasteiger partial charge on any atom is 0.227 e. The van der Waals surface area contributed by atoms with Gasteiger partial charge in [-0.15, -0.1) is 0 Å². The first-order valence-corrected chi connectivity index (χ1v) is 10.8. The molecule has 1 aromatic rings. The van der Waals surface area contributed by atoms with Crippen molar-refractivity contribution < 1.29 is 14.3 Å². The number of rotatable bonds is 8. The molecule has 0 aliphatic carbocycles. The third kappa shape index (κ3) is 5.81. The van der Waals surface area contributed by atoms with Crippen molar-refractivity contribution in [2.75, 3.05) is 39.9 Å². The summed E-state index contributed by atoms with van der Waals surface area (Å²) in [6.07, 6.45) is 6.54. The van der Waals surface area contributed by atoms with Crippen LogP contribution in [0, 0.1) is 11.8 Å². The summed E-state index contributed by atoms with van der Waals surface area (Å²) in [5, 5.41) is 0. The molecule has 1 atom stereocenters. The molecule has 2 saturated heterocycles. The smallest absolute Gasteiger partial charge is 0.227 e. The summed E-state index contributed by atoms with van der Waals surface area (Å²) < 4.78 is 5.14. The van der Waals surface area contributed by atoms with E-state index >= 15 is 0 Å². The van der Waals surface area contributed by atoms with Crippen molar-refractivity contribution in [1.29, 1.82) is 0 Å². The first kappa shape index (κ1) is 20.8. The van der Waals surface area contributed by atoms with Gasteiger partial charge in [-0.2, -0.15) is 0 Å². The molecule has 0 N–H and O–H groups in total. The number of amides is 2. The molecule has 0 bridgehead atoms. The summed E-state index contributed by atoms with van der Waals surface area (Å²) in [5.41, 5.74) is 1.24. The number of methoxy groups -OCH3 is 1. The summed E-state index contributed by atoms with van der Waals surface area (Å²) in [4.78, 5) is 29.3. The molecule has 2 aliphatic rings. The Morgan fingerprint density at radius 2 is 1.89 bits per heavy atom. The zero-order chi connectivity index (χ0) is 19.8. The van der Waals surface area contributed by atoms with E-state index < -0.39 is 0 Å². The summed E-state index contributed by atoms with van der Waals surface area (Å²) >= 11 is 0. The van der Waals surface area contributed by atoms with Crippen LogP contribution in [0.1, 0.15) is 44.1 Å². The van der Waals surface area contributed by atoms with Crippen LogP contribution in [0.25, 0.3) is 0 Å². The molecule has 2 fully saturated rings. The summed E-state index contributed by atoms with van der Waals surface area (Å²) in [6, 6.07) is 10.2. The van der Waals surface area contributed by atoms with Crippen LogP contribution in [0.15, 0.2) is 30.3 Å². The number of hydrogen-bond acceptors (Lipinski definition) is 3. The number of likely N-dealkylation sites (tertiary alicyclic amines) is 2. The lowest BCUT2D eigenvalue weighted by Crippen LogP contribution is -2.49. The fraction of sp³-hybridized carbons (Fsp3) is 0.652. The second kappa shape index (κ2) is 10.6. The molecule has 0 unspecified atom stereocenters. The molecule has 2 aliphatic heterocycles. The highest BCUT2D eigenvalue weighted by Gasteiger charge is 2.33. The maximum absolute atomic E-state index is 13.0. The standard InChI is InChI=1S/C23H34N2O3/c1-28-17-5-8-20-11-14-24(15-12-20)23(27)21-9-10-22(26)25(18-21)16-13-19-6-3-2-4-7-19/h2-4,6-7,20-21H,5,8-18H2,1H3/t21-/m1/s1. The molecule has 154 valence electrons. The monoisotopic (exact) mass is 386 g/mol. The Bertz CT molecular complexity index is 626. The Kier molecular flexibility index (Phi) is 7.90. The van der Waals surface area contributed by atoms with E-state index in [1.54, 1.807) is 7.11 Å². The van der Waals surface area contributed by atoms with Gasteiger partial charge in [0, 0.05) is 46.3 Å². The van der Waals surface area contributed by atoms with Crippen molar-refractivity contribution >= 4 is 11.8 Å². The van der Waals surface area contributed by atoms with E-state index in [1.807, 2.05) is 28.0 Å². The van der Waals surface area contributed by atoms with Crippen molar-refractivity contribution in [1.82, 2.24) is 9.80 Å². The minimum absolute atomic E-state index is 0.0292. The summed E-state index contributed by atoms with van der Waals surface area (Å²) in [7, 11) is 1.75. The predicted octanol–water partition coefficient (Wildman–Crippen LogP) is 3.13. The fourth-order valence-corrected chi connectivity index (χ4v) is 4.46. The van der Waals surface area contributed by atoms with Crippen molar-refractivity contribution in [2.24, 2.45) is 11.8 Å². The van der Waals surface area contributed by atoms with Gasteiger partial charge in [-0.05, 0) is 50.0 Å². The molecule has 1 aromatic carbocycles. The van der Waals surface area contributed by atoms with Crippen molar-refractivity contribution in [3.63, 3.8) is 0 Å². The third-order valence-electron chi connectivity index (χ3n) is 6.25. The van der Waals surface area contributed by atoms with Crippen molar-refractivity contribution in [3.05, 3.63) is 35.9 Å². The Morgan fingerprint density at radius 1 is 1.14 bits per heavy atom. The zero-order valence-electron chi connectivity index (χ0n) is 17.1. The Hall–Kier alpha value is -1.88. The summed E-state index contributed by atoms with van der Waals surface area (Å²) in [5.74, 6) is 1.14. The molecule has 0 radical (unpaired) electrons. The molecular formula is C23H34N2O3. The van der Waals surface area contributed by atoms with Gasteiger partial charge in [0.25, 0.3) is 0 Å². The minimum atomic E-state index is -0.0292. The lowest BCUT2D eigenvalue weighted by Gasteiger charge is -2.38. The van der Waals surface area contributed by atoms with Gasteiger partial charge in [-0.25, -0.2) is 0 Å². The van der Waals surface area contributed by atoms with Gasteiger partial charge in [-0.1, -0.05) is 30.3 Å². The number of ether oxygens (including phenoxy) is 1. The zero-order valence-corrected chi connectivity index (χ0v) is 17.1. The van der Waals surface area contributed by atoms with Gasteiger partial charge in [0.1, 0.15) is 0 Å². The number of nitrogens with zero attached hydrogens (tertiary/aromatic N) is 2. The molecule has 2 heterocycles. The molecule has 0 saturated carbocycles.